The maximum absolute atomic E-state index is 13.5. The van der Waals surface area contributed by atoms with Gasteiger partial charge in [-0.05, 0) is 62.7 Å². The van der Waals surface area contributed by atoms with Crippen LogP contribution < -0.4 is 10.1 Å². The number of H-pyrrole nitrogens is 1. The van der Waals surface area contributed by atoms with E-state index in [1.54, 1.807) is 25.1 Å². The van der Waals surface area contributed by atoms with Crippen LogP contribution in [0.15, 0.2) is 66.9 Å². The molecule has 0 saturated heterocycles. The first-order chi connectivity index (χ1) is 17.7. The Morgan fingerprint density at radius 2 is 1.70 bits per heavy atom. The summed E-state index contributed by atoms with van der Waals surface area (Å²) in [4.78, 5) is 16.5. The fraction of sp³-hybridized carbons (Fsp3) is 0.233. The molecule has 1 amide bonds. The lowest BCUT2D eigenvalue weighted by molar-refractivity contribution is 0.0931. The number of fused-ring (bicyclic) bond motifs is 1. The van der Waals surface area contributed by atoms with E-state index in [0.29, 0.717) is 11.3 Å². The number of carbonyl (C=O) groups excluding carboxylic acids is 1. The predicted molar refractivity (Wildman–Crippen MR) is 140 cm³/mol. The van der Waals surface area contributed by atoms with Gasteiger partial charge in [0, 0.05) is 46.8 Å². The number of aliphatic hydroxyl groups is 1. The molecule has 2 atom stereocenters. The van der Waals surface area contributed by atoms with E-state index in [2.05, 4.69) is 22.1 Å². The number of aromatic amines is 1. The Bertz CT molecular complexity index is 1460. The van der Waals surface area contributed by atoms with Crippen molar-refractivity contribution < 1.29 is 23.4 Å². The van der Waals surface area contributed by atoms with E-state index in [9.17, 15) is 18.7 Å². The van der Waals surface area contributed by atoms with Crippen LogP contribution >= 0.6 is 0 Å². The SMILES string of the molecule is CC(C)Oc1ccc(C#Cc2cc(F)cc(F)c2)cc1C(=O)NCC(c1c[nH]c2ccccc12)[C@H](C)O. The zero-order valence-corrected chi connectivity index (χ0v) is 20.8. The van der Waals surface area contributed by atoms with Gasteiger partial charge < -0.3 is 20.1 Å². The van der Waals surface area contributed by atoms with Crippen LogP contribution in [0.5, 0.6) is 5.75 Å². The topological polar surface area (TPSA) is 74.3 Å². The number of hydrogen-bond donors (Lipinski definition) is 3. The van der Waals surface area contributed by atoms with Gasteiger partial charge in [0.1, 0.15) is 17.4 Å². The molecular weight excluding hydrogens is 474 g/mol. The molecule has 0 saturated carbocycles. The van der Waals surface area contributed by atoms with Crippen molar-refractivity contribution in [2.75, 3.05) is 6.54 Å². The lowest BCUT2D eigenvalue weighted by Crippen LogP contribution is -2.33. The van der Waals surface area contributed by atoms with Gasteiger partial charge in [-0.1, -0.05) is 30.0 Å². The summed E-state index contributed by atoms with van der Waals surface area (Å²) in [6.45, 7) is 5.60. The van der Waals surface area contributed by atoms with Crippen LogP contribution in [0.25, 0.3) is 10.9 Å². The summed E-state index contributed by atoms with van der Waals surface area (Å²) in [5.74, 6) is 3.81. The molecule has 0 bridgehead atoms. The Kier molecular flexibility index (Phi) is 7.90. The first kappa shape index (κ1) is 25.9. The molecule has 5 nitrogen and oxygen atoms in total. The van der Waals surface area contributed by atoms with Crippen LogP contribution in [-0.4, -0.2) is 34.8 Å². The molecule has 0 spiro atoms. The summed E-state index contributed by atoms with van der Waals surface area (Å²) >= 11 is 0. The van der Waals surface area contributed by atoms with E-state index >= 15 is 0 Å². The predicted octanol–water partition coefficient (Wildman–Crippen LogP) is 5.53. The Labute approximate surface area is 214 Å². The highest BCUT2D eigenvalue weighted by atomic mass is 19.1. The first-order valence-electron chi connectivity index (χ1n) is 12.0. The molecule has 190 valence electrons. The number of amides is 1. The smallest absolute Gasteiger partial charge is 0.255 e. The summed E-state index contributed by atoms with van der Waals surface area (Å²) in [6.07, 6.45) is 0.970. The highest BCUT2D eigenvalue weighted by molar-refractivity contribution is 5.97. The average molecular weight is 503 g/mol. The number of para-hydroxylation sites is 1. The minimum atomic E-state index is -0.715. The molecule has 3 N–H and O–H groups in total. The lowest BCUT2D eigenvalue weighted by atomic mass is 9.93. The van der Waals surface area contributed by atoms with Gasteiger partial charge in [-0.15, -0.1) is 0 Å². The molecule has 0 aliphatic heterocycles. The minimum absolute atomic E-state index is 0.171. The molecule has 4 aromatic rings. The van der Waals surface area contributed by atoms with Gasteiger partial charge in [0.2, 0.25) is 0 Å². The van der Waals surface area contributed by atoms with Gasteiger partial charge in [0.15, 0.2) is 0 Å². The molecule has 0 aliphatic carbocycles. The fourth-order valence-corrected chi connectivity index (χ4v) is 4.15. The molecule has 0 aliphatic rings. The summed E-state index contributed by atoms with van der Waals surface area (Å²) in [6, 6.07) is 15.8. The first-order valence-corrected chi connectivity index (χ1v) is 12.0. The zero-order chi connectivity index (χ0) is 26.5. The second-order valence-corrected chi connectivity index (χ2v) is 9.13. The highest BCUT2D eigenvalue weighted by Gasteiger charge is 2.23. The Morgan fingerprint density at radius 1 is 1.00 bits per heavy atom. The fourth-order valence-electron chi connectivity index (χ4n) is 4.15. The normalized spacial score (nSPS) is 12.6. The Hall–Kier alpha value is -4.15. The third-order valence-corrected chi connectivity index (χ3v) is 5.89. The molecule has 1 unspecified atom stereocenters. The lowest BCUT2D eigenvalue weighted by Gasteiger charge is -2.21. The third-order valence-electron chi connectivity index (χ3n) is 5.89. The van der Waals surface area contributed by atoms with Crippen molar-refractivity contribution >= 4 is 16.8 Å². The van der Waals surface area contributed by atoms with Crippen molar-refractivity contribution in [2.24, 2.45) is 0 Å². The summed E-state index contributed by atoms with van der Waals surface area (Å²) in [7, 11) is 0. The molecule has 4 rings (SSSR count). The van der Waals surface area contributed by atoms with Crippen LogP contribution in [0.3, 0.4) is 0 Å². The summed E-state index contributed by atoms with van der Waals surface area (Å²) in [5, 5.41) is 14.4. The number of nitrogens with one attached hydrogen (secondary N) is 2. The maximum atomic E-state index is 13.5. The van der Waals surface area contributed by atoms with E-state index < -0.39 is 17.7 Å². The van der Waals surface area contributed by atoms with E-state index in [1.165, 1.54) is 0 Å². The minimum Gasteiger partial charge on any atom is -0.490 e. The van der Waals surface area contributed by atoms with E-state index in [1.807, 2.05) is 44.3 Å². The largest absolute Gasteiger partial charge is 0.490 e. The number of rotatable bonds is 7. The molecule has 1 heterocycles. The van der Waals surface area contributed by atoms with E-state index in [-0.39, 0.29) is 35.6 Å². The van der Waals surface area contributed by atoms with Crippen molar-refractivity contribution in [3.63, 3.8) is 0 Å². The monoisotopic (exact) mass is 502 g/mol. The summed E-state index contributed by atoms with van der Waals surface area (Å²) < 4.78 is 32.8. The number of aromatic nitrogens is 1. The number of halogens is 2. The van der Waals surface area contributed by atoms with E-state index in [0.717, 1.165) is 34.7 Å². The van der Waals surface area contributed by atoms with Gasteiger partial charge in [0.25, 0.3) is 5.91 Å². The van der Waals surface area contributed by atoms with Crippen LogP contribution in [0.2, 0.25) is 0 Å². The standard InChI is InChI=1S/C30H28F2N2O3/c1-18(2)37-29-11-10-20(8-9-21-12-22(31)15-23(32)13-21)14-25(29)30(36)34-16-26(19(3)35)27-17-33-28-7-5-4-6-24(27)28/h4-7,10-15,17-19,26,33,35H,16H2,1-3H3,(H,34,36)/t19-,26?/m0/s1. The number of ether oxygens (including phenoxy) is 1. The van der Waals surface area contributed by atoms with Gasteiger partial charge in [-0.3, -0.25) is 4.79 Å². The van der Waals surface area contributed by atoms with Crippen molar-refractivity contribution in [1.82, 2.24) is 10.3 Å². The number of benzene rings is 3. The quantitative estimate of drug-likeness (QED) is 0.291. The third kappa shape index (κ3) is 6.35. The number of hydrogen-bond acceptors (Lipinski definition) is 3. The molecule has 1 aromatic heterocycles. The average Bonchev–Trinajstić information content (AvgIpc) is 3.26. The van der Waals surface area contributed by atoms with Gasteiger partial charge in [0.05, 0.1) is 17.8 Å². The summed E-state index contributed by atoms with van der Waals surface area (Å²) in [5.41, 5.74) is 2.80. The molecule has 37 heavy (non-hydrogen) atoms. The van der Waals surface area contributed by atoms with Crippen molar-refractivity contribution in [1.29, 1.82) is 0 Å². The molecule has 3 aromatic carbocycles. The van der Waals surface area contributed by atoms with Gasteiger partial charge >= 0.3 is 0 Å². The second kappa shape index (κ2) is 11.3. The van der Waals surface area contributed by atoms with E-state index in [4.69, 9.17) is 4.74 Å². The van der Waals surface area contributed by atoms with Crippen LogP contribution in [0.1, 0.15) is 53.7 Å². The van der Waals surface area contributed by atoms with Crippen LogP contribution in [0, 0.1) is 23.5 Å². The number of carbonyl (C=O) groups is 1. The van der Waals surface area contributed by atoms with Crippen molar-refractivity contribution in [3.05, 3.63) is 101 Å². The van der Waals surface area contributed by atoms with Crippen LogP contribution in [0.4, 0.5) is 8.78 Å². The Morgan fingerprint density at radius 3 is 2.41 bits per heavy atom. The second-order valence-electron chi connectivity index (χ2n) is 9.13. The maximum Gasteiger partial charge on any atom is 0.255 e. The van der Waals surface area contributed by atoms with Gasteiger partial charge in [-0.2, -0.15) is 0 Å². The Balaban J connectivity index is 1.59. The van der Waals surface area contributed by atoms with Crippen LogP contribution in [-0.2, 0) is 0 Å². The zero-order valence-electron chi connectivity index (χ0n) is 20.8. The molecular formula is C30H28F2N2O3. The van der Waals surface area contributed by atoms with Crippen molar-refractivity contribution in [3.8, 4) is 17.6 Å². The highest BCUT2D eigenvalue weighted by Crippen LogP contribution is 2.28. The molecule has 0 fully saturated rings. The number of aliphatic hydroxyl groups excluding tert-OH is 1. The van der Waals surface area contributed by atoms with Crippen molar-refractivity contribution in [2.45, 2.75) is 38.9 Å². The molecule has 7 heteroatoms. The van der Waals surface area contributed by atoms with Gasteiger partial charge in [-0.25, -0.2) is 8.78 Å². The molecule has 0 radical (unpaired) electrons.